The van der Waals surface area contributed by atoms with Gasteiger partial charge >= 0.3 is 11.9 Å². The molecule has 0 aromatic rings. The molecule has 0 bridgehead atoms. The maximum Gasteiger partial charge on any atom is 0.329 e. The van der Waals surface area contributed by atoms with E-state index < -0.39 is 6.10 Å². The van der Waals surface area contributed by atoms with E-state index in [0.29, 0.717) is 19.8 Å². The first kappa shape index (κ1) is 20.8. The fraction of sp³-hybridized carbons (Fsp3) is 0.818. The Hall–Kier alpha value is 1.78. The number of alkyl halides is 4. The van der Waals surface area contributed by atoms with Crippen LogP contribution in [0.1, 0.15) is 0 Å². The van der Waals surface area contributed by atoms with E-state index in [2.05, 4.69) is 0 Å². The Morgan fingerprint density at radius 1 is 1.05 bits per heavy atom. The smallest absolute Gasteiger partial charge is 0.329 e. The molecule has 1 rings (SSSR count). The van der Waals surface area contributed by atoms with Crippen LogP contribution in [0, 0.1) is 0 Å². The van der Waals surface area contributed by atoms with Crippen molar-refractivity contribution >= 4 is 102 Å². The zero-order valence-corrected chi connectivity index (χ0v) is 19.7. The van der Waals surface area contributed by atoms with Crippen molar-refractivity contribution in [1.82, 2.24) is 0 Å². The number of carbonyl (C=O) groups is 2. The van der Waals surface area contributed by atoms with Crippen LogP contribution in [0.3, 0.4) is 0 Å². The summed E-state index contributed by atoms with van der Waals surface area (Å²) in [5, 5.41) is 0. The van der Waals surface area contributed by atoms with Crippen molar-refractivity contribution in [3.05, 3.63) is 0 Å². The Labute approximate surface area is 178 Å². The van der Waals surface area contributed by atoms with Crippen molar-refractivity contribution in [2.45, 2.75) is 9.97 Å². The van der Waals surface area contributed by atoms with Crippen molar-refractivity contribution in [3.63, 3.8) is 0 Å². The second-order valence-electron chi connectivity index (χ2n) is 4.36. The summed E-state index contributed by atoms with van der Waals surface area (Å²) in [6.07, 6.45) is -0.409. The van der Waals surface area contributed by atoms with Gasteiger partial charge in [-0.15, -0.1) is 0 Å². The minimum absolute atomic E-state index is 0.109. The molecule has 0 amide bonds. The number of ether oxygens (including phenoxy) is 3. The van der Waals surface area contributed by atoms with Crippen LogP contribution in [-0.4, -0.2) is 61.4 Å². The molecule has 0 aromatic heterocycles. The number of quaternary nitrogens is 1. The van der Waals surface area contributed by atoms with Crippen molar-refractivity contribution in [2.24, 2.45) is 0 Å². The number of rotatable bonds is 7. The third-order valence-corrected chi connectivity index (χ3v) is 4.80. The molecule has 10 heteroatoms. The van der Waals surface area contributed by atoms with E-state index in [1.807, 2.05) is 90.4 Å². The first-order valence-electron chi connectivity index (χ1n) is 6.25. The molecule has 1 unspecified atom stereocenters. The van der Waals surface area contributed by atoms with E-state index in [0.717, 1.165) is 13.1 Å². The number of nitrogens with one attached hydrogen (secondary N) is 1. The Kier molecular flexibility index (Phi) is 11.3. The van der Waals surface area contributed by atoms with Crippen molar-refractivity contribution < 1.29 is 28.7 Å². The lowest BCUT2D eigenvalue weighted by Gasteiger charge is -2.27. The Morgan fingerprint density at radius 3 is 2.14 bits per heavy atom. The number of halogens is 4. The van der Waals surface area contributed by atoms with E-state index in [1.165, 1.54) is 4.90 Å². The highest BCUT2D eigenvalue weighted by Crippen LogP contribution is 2.14. The van der Waals surface area contributed by atoms with Crippen LogP contribution >= 0.6 is 90.4 Å². The van der Waals surface area contributed by atoms with Crippen LogP contribution < -0.4 is 4.90 Å². The number of carbonyl (C=O) groups excluding carboxylic acids is 2. The second-order valence-corrected chi connectivity index (χ2v) is 14.1. The maximum atomic E-state index is 11.8. The lowest BCUT2D eigenvalue weighted by molar-refractivity contribution is -0.910. The maximum absolute atomic E-state index is 11.8. The average molecular weight is 750 g/mol. The van der Waals surface area contributed by atoms with Crippen molar-refractivity contribution in [2.75, 3.05) is 39.5 Å². The van der Waals surface area contributed by atoms with Crippen LogP contribution in [-0.2, 0) is 23.8 Å². The summed E-state index contributed by atoms with van der Waals surface area (Å²) in [6, 6.07) is 0. The standard InChI is InChI=1S/C11H15I4NO5/c12-8(13)10(17)20-6-7(21-11(18)9(14)15)5-16-1-3-19-4-2-16/h7-9H,1-6H2/p+1. The van der Waals surface area contributed by atoms with Gasteiger partial charge in [0, 0.05) is 0 Å². The van der Waals surface area contributed by atoms with Crippen molar-refractivity contribution in [1.29, 1.82) is 0 Å². The van der Waals surface area contributed by atoms with Gasteiger partial charge in [0.2, 0.25) is 0 Å². The predicted molar refractivity (Wildman–Crippen MR) is 111 cm³/mol. The summed E-state index contributed by atoms with van der Waals surface area (Å²) in [4.78, 5) is 24.6. The van der Waals surface area contributed by atoms with Crippen LogP contribution in [0.15, 0.2) is 0 Å². The molecular formula is C11H16I4NO5+. The third kappa shape index (κ3) is 8.99. The van der Waals surface area contributed by atoms with Gasteiger partial charge in [-0.3, -0.25) is 9.59 Å². The predicted octanol–water partition coefficient (Wildman–Crippen LogP) is 0.749. The van der Waals surface area contributed by atoms with E-state index >= 15 is 0 Å². The highest BCUT2D eigenvalue weighted by molar-refractivity contribution is 14.2. The summed E-state index contributed by atoms with van der Waals surface area (Å²) in [6.45, 7) is 3.91. The Balaban J connectivity index is 2.51. The zero-order chi connectivity index (χ0) is 15.8. The molecule has 1 N–H and O–H groups in total. The normalized spacial score (nSPS) is 17.8. The minimum atomic E-state index is -0.409. The van der Waals surface area contributed by atoms with Crippen LogP contribution in [0.2, 0.25) is 0 Å². The van der Waals surface area contributed by atoms with Crippen LogP contribution in [0.5, 0.6) is 0 Å². The Morgan fingerprint density at radius 2 is 1.62 bits per heavy atom. The van der Waals surface area contributed by atoms with Gasteiger partial charge in [-0.25, -0.2) is 0 Å². The fourth-order valence-electron chi connectivity index (χ4n) is 1.77. The number of hydrogen-bond donors (Lipinski definition) is 1. The molecule has 1 heterocycles. The molecule has 1 fully saturated rings. The summed E-state index contributed by atoms with van der Waals surface area (Å²) in [5.41, 5.74) is 0. The molecular weight excluding hydrogens is 734 g/mol. The Bertz CT molecular complexity index is 350. The van der Waals surface area contributed by atoms with E-state index in [9.17, 15) is 9.59 Å². The highest BCUT2D eigenvalue weighted by Gasteiger charge is 2.27. The lowest BCUT2D eigenvalue weighted by atomic mass is 10.3. The van der Waals surface area contributed by atoms with Gasteiger partial charge in [0.05, 0.1) is 13.2 Å². The molecule has 1 aliphatic rings. The first-order chi connectivity index (χ1) is 9.90. The summed E-state index contributed by atoms with van der Waals surface area (Å²) in [7, 11) is 0. The lowest BCUT2D eigenvalue weighted by Crippen LogP contribution is -3.15. The molecule has 1 atom stereocenters. The quantitative estimate of drug-likeness (QED) is 0.237. The van der Waals surface area contributed by atoms with Gasteiger partial charge in [0.1, 0.15) is 26.2 Å². The molecule has 122 valence electrons. The molecule has 6 nitrogen and oxygen atoms in total. The van der Waals surface area contributed by atoms with Gasteiger partial charge in [0.15, 0.2) is 9.97 Å². The van der Waals surface area contributed by atoms with Crippen molar-refractivity contribution in [3.8, 4) is 0 Å². The monoisotopic (exact) mass is 750 g/mol. The highest BCUT2D eigenvalue weighted by atomic mass is 127. The summed E-state index contributed by atoms with van der Waals surface area (Å²) < 4.78 is 15.5. The summed E-state index contributed by atoms with van der Waals surface area (Å²) in [5.74, 6) is -0.583. The molecule has 1 aliphatic heterocycles. The largest absolute Gasteiger partial charge is 0.460 e. The molecule has 1 saturated heterocycles. The van der Waals surface area contributed by atoms with Gasteiger partial charge in [-0.05, 0) is 0 Å². The molecule has 0 aromatic carbocycles. The van der Waals surface area contributed by atoms with Gasteiger partial charge < -0.3 is 19.1 Å². The van der Waals surface area contributed by atoms with Crippen LogP contribution in [0.4, 0.5) is 0 Å². The third-order valence-electron chi connectivity index (χ3n) is 2.77. The SMILES string of the molecule is O=C(OCC(C[NH+]1CCOCC1)OC(=O)C(I)I)C(I)I. The van der Waals surface area contributed by atoms with E-state index in [4.69, 9.17) is 14.2 Å². The van der Waals surface area contributed by atoms with Gasteiger partial charge in [-0.1, -0.05) is 90.4 Å². The topological polar surface area (TPSA) is 66.3 Å². The van der Waals surface area contributed by atoms with Crippen LogP contribution in [0.25, 0.3) is 0 Å². The molecule has 21 heavy (non-hydrogen) atoms. The van der Waals surface area contributed by atoms with Gasteiger partial charge in [0.25, 0.3) is 0 Å². The molecule has 0 aliphatic carbocycles. The zero-order valence-electron chi connectivity index (χ0n) is 11.0. The average Bonchev–Trinajstić information content (AvgIpc) is 2.45. The molecule has 0 radical (unpaired) electrons. The van der Waals surface area contributed by atoms with E-state index in [-0.39, 0.29) is 22.4 Å². The number of morpholine rings is 1. The van der Waals surface area contributed by atoms with Gasteiger partial charge in [-0.2, -0.15) is 0 Å². The number of esters is 2. The second kappa shape index (κ2) is 11.4. The summed E-state index contributed by atoms with van der Waals surface area (Å²) >= 11 is 7.97. The fourth-order valence-corrected chi connectivity index (χ4v) is 2.43. The minimum Gasteiger partial charge on any atom is -0.460 e. The first-order valence-corrected chi connectivity index (χ1v) is 11.2. The molecule has 0 saturated carbocycles. The molecule has 0 spiro atoms. The van der Waals surface area contributed by atoms with E-state index in [1.54, 1.807) is 0 Å². The number of hydrogen-bond acceptors (Lipinski definition) is 5.